The van der Waals surface area contributed by atoms with Crippen LogP contribution in [0, 0.1) is 81.3 Å². The fraction of sp³-hybridized carbons (Fsp3) is 0.891. The van der Waals surface area contributed by atoms with Crippen molar-refractivity contribution in [2.75, 3.05) is 13.2 Å². The van der Waals surface area contributed by atoms with Crippen LogP contribution in [0.3, 0.4) is 0 Å². The SMILES string of the molecule is CC1C2CC(C(=O)OC(C)(C)C)C(C2)C1CC(CC(C)(CC(C)(C)C(=O)OC12CC3CC(CC(O)(C3)C1)C2)C(=O)OC1CCOC1=O)C(=O)OC(C)(C)CCOC(=O)C12CC3CC(CC(C3)C1)C2. The monoisotopic (exact) mass is 951 g/mol. The number of carbonyl (C=O) groups is 6. The first-order chi connectivity index (χ1) is 31.6. The Morgan fingerprint density at radius 3 is 1.96 bits per heavy atom. The summed E-state index contributed by atoms with van der Waals surface area (Å²) >= 11 is 0. The summed E-state index contributed by atoms with van der Waals surface area (Å²) in [5, 5.41) is 11.5. The third kappa shape index (κ3) is 10.0. The molecule has 10 atom stereocenters. The molecule has 380 valence electrons. The van der Waals surface area contributed by atoms with Crippen molar-refractivity contribution >= 4 is 35.8 Å². The van der Waals surface area contributed by atoms with E-state index in [0.29, 0.717) is 43.4 Å². The number of hydrogen-bond acceptors (Lipinski definition) is 13. The first kappa shape index (κ1) is 49.7. The van der Waals surface area contributed by atoms with Crippen LogP contribution in [-0.4, -0.2) is 82.6 Å². The lowest BCUT2D eigenvalue weighted by Crippen LogP contribution is -2.61. The summed E-state index contributed by atoms with van der Waals surface area (Å²) < 4.78 is 36.1. The Hall–Kier alpha value is -3.22. The van der Waals surface area contributed by atoms with Gasteiger partial charge in [-0.25, -0.2) is 4.79 Å². The highest BCUT2D eigenvalue weighted by molar-refractivity contribution is 5.85. The molecule has 10 saturated carbocycles. The van der Waals surface area contributed by atoms with E-state index in [2.05, 4.69) is 6.92 Å². The van der Waals surface area contributed by atoms with Gasteiger partial charge in [0.1, 0.15) is 16.8 Å². The third-order valence-corrected chi connectivity index (χ3v) is 19.0. The molecule has 11 aliphatic rings. The molecule has 0 spiro atoms. The molecule has 0 aromatic heterocycles. The Bertz CT molecular complexity index is 1960. The van der Waals surface area contributed by atoms with Crippen LogP contribution in [0.4, 0.5) is 0 Å². The molecule has 1 saturated heterocycles. The van der Waals surface area contributed by atoms with E-state index in [4.69, 9.17) is 28.4 Å². The maximum Gasteiger partial charge on any atom is 0.347 e. The Kier molecular flexibility index (Phi) is 12.8. The van der Waals surface area contributed by atoms with Gasteiger partial charge in [-0.15, -0.1) is 0 Å². The minimum absolute atomic E-state index is 0.0369. The summed E-state index contributed by atoms with van der Waals surface area (Å²) in [6.07, 6.45) is 11.7. The quantitative estimate of drug-likeness (QED) is 0.108. The number of fused-ring (bicyclic) bond motifs is 2. The van der Waals surface area contributed by atoms with E-state index in [9.17, 15) is 29.1 Å². The van der Waals surface area contributed by atoms with Crippen LogP contribution in [-0.2, 0) is 57.2 Å². The maximum absolute atomic E-state index is 15.1. The molecule has 68 heavy (non-hydrogen) atoms. The standard InChI is InChI=1S/C55H82O13/c1-31-37-18-40(41(19-37)44(57)66-49(2,3)4)39(31)20-38(43(56)67-51(7,8)11-13-64-48(61)53-21-32-14-33(22-53)16-34(15-32)23-53)28-52(9,47(60)65-42-10-12-63-45(42)58)29-50(5,6)46(59)68-55-26-35-17-36(27-55)25-54(62,24-35)30-55/h31-42,62H,10-30H2,1-9H3. The summed E-state index contributed by atoms with van der Waals surface area (Å²) in [6, 6.07) is 0. The first-order valence-electron chi connectivity index (χ1n) is 26.6. The minimum Gasteiger partial charge on any atom is -0.465 e. The van der Waals surface area contributed by atoms with Gasteiger partial charge in [-0.2, -0.15) is 0 Å². The summed E-state index contributed by atoms with van der Waals surface area (Å²) in [6.45, 7) is 16.9. The minimum atomic E-state index is -1.50. The first-order valence-corrected chi connectivity index (χ1v) is 26.6. The zero-order chi connectivity index (χ0) is 49.0. The molecule has 1 heterocycles. The molecule has 1 aliphatic heterocycles. The van der Waals surface area contributed by atoms with E-state index in [-0.39, 0.29) is 92.3 Å². The number of aliphatic hydroxyl groups is 1. The van der Waals surface area contributed by atoms with Crippen LogP contribution < -0.4 is 0 Å². The second-order valence-electron chi connectivity index (χ2n) is 27.2. The fourth-order valence-corrected chi connectivity index (χ4v) is 17.0. The number of ether oxygens (including phenoxy) is 6. The predicted molar refractivity (Wildman–Crippen MR) is 248 cm³/mol. The van der Waals surface area contributed by atoms with Gasteiger partial charge in [0.05, 0.1) is 46.9 Å². The lowest BCUT2D eigenvalue weighted by atomic mass is 9.49. The van der Waals surface area contributed by atoms with Crippen LogP contribution in [0.15, 0.2) is 0 Å². The lowest BCUT2D eigenvalue weighted by molar-refractivity contribution is -0.226. The molecular weight excluding hydrogens is 869 g/mol. The van der Waals surface area contributed by atoms with Gasteiger partial charge >= 0.3 is 35.8 Å². The normalized spacial score (nSPS) is 40.1. The zero-order valence-electron chi connectivity index (χ0n) is 42.6. The Balaban J connectivity index is 0.958. The van der Waals surface area contributed by atoms with Gasteiger partial charge < -0.3 is 33.5 Å². The van der Waals surface area contributed by atoms with E-state index in [1.54, 1.807) is 20.8 Å². The topological polar surface area (TPSA) is 178 Å². The highest BCUT2D eigenvalue weighted by Crippen LogP contribution is 2.62. The van der Waals surface area contributed by atoms with Crippen molar-refractivity contribution in [1.82, 2.24) is 0 Å². The van der Waals surface area contributed by atoms with Crippen LogP contribution in [0.25, 0.3) is 0 Å². The lowest BCUT2D eigenvalue weighted by Gasteiger charge is -2.59. The van der Waals surface area contributed by atoms with E-state index in [1.165, 1.54) is 19.3 Å². The molecular formula is C55H82O13. The van der Waals surface area contributed by atoms with Crippen molar-refractivity contribution in [1.29, 1.82) is 0 Å². The van der Waals surface area contributed by atoms with Crippen molar-refractivity contribution in [2.24, 2.45) is 81.3 Å². The molecule has 13 nitrogen and oxygen atoms in total. The molecule has 10 aliphatic carbocycles. The van der Waals surface area contributed by atoms with Gasteiger partial charge in [0.15, 0.2) is 0 Å². The molecule has 11 rings (SSSR count). The average Bonchev–Trinajstić information content (AvgIpc) is 3.90. The number of cyclic esters (lactones) is 1. The Morgan fingerprint density at radius 2 is 1.40 bits per heavy atom. The predicted octanol–water partition coefficient (Wildman–Crippen LogP) is 9.01. The summed E-state index contributed by atoms with van der Waals surface area (Å²) in [4.78, 5) is 84.7. The van der Waals surface area contributed by atoms with E-state index >= 15 is 4.79 Å². The molecule has 0 amide bonds. The summed E-state index contributed by atoms with van der Waals surface area (Å²) in [5.41, 5.74) is -6.49. The van der Waals surface area contributed by atoms with Gasteiger partial charge in [0, 0.05) is 19.3 Å². The van der Waals surface area contributed by atoms with Gasteiger partial charge in [-0.05, 0) is 211 Å². The maximum atomic E-state index is 15.1. The molecule has 0 aromatic carbocycles. The molecule has 13 heteroatoms. The van der Waals surface area contributed by atoms with E-state index in [1.807, 2.05) is 34.6 Å². The van der Waals surface area contributed by atoms with E-state index in [0.717, 1.165) is 51.4 Å². The van der Waals surface area contributed by atoms with Crippen LogP contribution in [0.5, 0.6) is 0 Å². The summed E-state index contributed by atoms with van der Waals surface area (Å²) in [5.74, 6) is -1.19. The number of esters is 6. The number of carbonyl (C=O) groups excluding carboxylic acids is 6. The Labute approximate surface area is 404 Å². The molecule has 0 radical (unpaired) electrons. The van der Waals surface area contributed by atoms with Crippen LogP contribution >= 0.6 is 0 Å². The number of hydrogen-bond donors (Lipinski definition) is 1. The largest absolute Gasteiger partial charge is 0.465 e. The zero-order valence-corrected chi connectivity index (χ0v) is 42.6. The molecule has 10 unspecified atom stereocenters. The third-order valence-electron chi connectivity index (χ3n) is 19.0. The molecule has 0 aromatic rings. The smallest absolute Gasteiger partial charge is 0.347 e. The second kappa shape index (κ2) is 17.5. The highest BCUT2D eigenvalue weighted by atomic mass is 16.6. The van der Waals surface area contributed by atoms with Gasteiger partial charge in [0.25, 0.3) is 0 Å². The van der Waals surface area contributed by atoms with Crippen LogP contribution in [0.2, 0.25) is 0 Å². The van der Waals surface area contributed by atoms with Crippen LogP contribution in [0.1, 0.15) is 184 Å². The molecule has 10 bridgehead atoms. The highest BCUT2D eigenvalue weighted by Gasteiger charge is 2.61. The fourth-order valence-electron chi connectivity index (χ4n) is 17.0. The Morgan fingerprint density at radius 1 is 0.779 bits per heavy atom. The second-order valence-corrected chi connectivity index (χ2v) is 27.2. The van der Waals surface area contributed by atoms with E-state index < -0.39 is 74.5 Å². The summed E-state index contributed by atoms with van der Waals surface area (Å²) in [7, 11) is 0. The van der Waals surface area contributed by atoms with Gasteiger partial charge in [-0.3, -0.25) is 24.0 Å². The van der Waals surface area contributed by atoms with Gasteiger partial charge in [-0.1, -0.05) is 6.92 Å². The molecule has 11 fully saturated rings. The molecule has 1 N–H and O–H groups in total. The van der Waals surface area contributed by atoms with Crippen molar-refractivity contribution < 1.29 is 62.3 Å². The van der Waals surface area contributed by atoms with Crippen molar-refractivity contribution in [3.05, 3.63) is 0 Å². The van der Waals surface area contributed by atoms with Gasteiger partial charge in [0.2, 0.25) is 6.10 Å². The number of rotatable bonds is 17. The average molecular weight is 951 g/mol. The van der Waals surface area contributed by atoms with Crippen molar-refractivity contribution in [2.45, 2.75) is 213 Å². The van der Waals surface area contributed by atoms with Crippen molar-refractivity contribution in [3.8, 4) is 0 Å². The van der Waals surface area contributed by atoms with Crippen molar-refractivity contribution in [3.63, 3.8) is 0 Å².